The van der Waals surface area contributed by atoms with Crippen molar-refractivity contribution in [2.24, 2.45) is 5.41 Å². The van der Waals surface area contributed by atoms with Crippen molar-refractivity contribution in [1.82, 2.24) is 19.8 Å². The third-order valence-corrected chi connectivity index (χ3v) is 8.68. The van der Waals surface area contributed by atoms with Gasteiger partial charge in [0.15, 0.2) is 0 Å². The Morgan fingerprint density at radius 1 is 1.00 bits per heavy atom. The predicted octanol–water partition coefficient (Wildman–Crippen LogP) is 6.28. The van der Waals surface area contributed by atoms with Gasteiger partial charge in [0.05, 0.1) is 17.4 Å². The number of carbonyl (C=O) groups excluding carboxylic acids is 2. The molecule has 230 valence electrons. The molecule has 2 aliphatic rings. The lowest BCUT2D eigenvalue weighted by Crippen LogP contribution is -2.44. The maximum absolute atomic E-state index is 14.4. The third kappa shape index (κ3) is 7.66. The fraction of sp³-hybridized carbons (Fsp3) is 0.514. The van der Waals surface area contributed by atoms with Crippen LogP contribution in [-0.4, -0.2) is 57.8 Å². The number of nitrogens with one attached hydrogen (secondary N) is 1. The fourth-order valence-electron chi connectivity index (χ4n) is 6.59. The van der Waals surface area contributed by atoms with Gasteiger partial charge in [-0.3, -0.25) is 4.79 Å². The molecule has 0 saturated carbocycles. The number of benzene rings is 2. The molecular formula is C35H46N4O4. The van der Waals surface area contributed by atoms with Crippen molar-refractivity contribution < 1.29 is 19.1 Å². The van der Waals surface area contributed by atoms with Crippen molar-refractivity contribution in [3.63, 3.8) is 0 Å². The number of fused-ring (bicyclic) bond motifs is 3. The van der Waals surface area contributed by atoms with Crippen molar-refractivity contribution in [2.45, 2.75) is 90.7 Å². The molecule has 1 unspecified atom stereocenters. The number of rotatable bonds is 11. The summed E-state index contributed by atoms with van der Waals surface area (Å²) in [7, 11) is 0. The monoisotopic (exact) mass is 586 g/mol. The van der Waals surface area contributed by atoms with Crippen LogP contribution in [0.5, 0.6) is 5.75 Å². The highest BCUT2D eigenvalue weighted by Gasteiger charge is 2.44. The molecule has 0 bridgehead atoms. The molecule has 1 saturated heterocycles. The van der Waals surface area contributed by atoms with Crippen molar-refractivity contribution >= 4 is 12.1 Å². The lowest BCUT2D eigenvalue weighted by molar-refractivity contribution is -0.148. The number of ether oxygens (including phenoxy) is 2. The van der Waals surface area contributed by atoms with E-state index >= 15 is 0 Å². The summed E-state index contributed by atoms with van der Waals surface area (Å²) in [5, 5.41) is 2.89. The first-order chi connectivity index (χ1) is 20.6. The molecule has 5 rings (SSSR count). The summed E-state index contributed by atoms with van der Waals surface area (Å²) in [5.74, 6) is 0.304. The molecule has 1 amide bonds. The molecule has 0 spiro atoms. The molecule has 8 nitrogen and oxygen atoms in total. The summed E-state index contributed by atoms with van der Waals surface area (Å²) in [5.41, 5.74) is 3.18. The van der Waals surface area contributed by atoms with E-state index in [-0.39, 0.29) is 12.0 Å². The van der Waals surface area contributed by atoms with Gasteiger partial charge in [-0.2, -0.15) is 0 Å². The first-order valence-corrected chi connectivity index (χ1v) is 15.8. The number of para-hydroxylation sites is 2. The zero-order valence-electron chi connectivity index (χ0n) is 26.1. The maximum Gasteiger partial charge on any atom is 0.407 e. The number of carbonyl (C=O) groups is 2. The molecule has 43 heavy (non-hydrogen) atoms. The van der Waals surface area contributed by atoms with Gasteiger partial charge < -0.3 is 24.3 Å². The van der Waals surface area contributed by atoms with E-state index in [2.05, 4.69) is 46.0 Å². The Morgan fingerprint density at radius 3 is 2.47 bits per heavy atom. The first kappa shape index (κ1) is 30.8. The number of likely N-dealkylation sites (tertiary alicyclic amines) is 1. The van der Waals surface area contributed by atoms with Crippen LogP contribution in [0, 0.1) is 5.41 Å². The Hall–Kier alpha value is -3.65. The highest BCUT2D eigenvalue weighted by Crippen LogP contribution is 2.39. The summed E-state index contributed by atoms with van der Waals surface area (Å²) in [4.78, 5) is 34.2. The van der Waals surface area contributed by atoms with E-state index in [0.717, 1.165) is 43.0 Å². The maximum atomic E-state index is 14.4. The first-order valence-electron chi connectivity index (χ1n) is 15.8. The van der Waals surface area contributed by atoms with Crippen LogP contribution in [-0.2, 0) is 28.8 Å². The molecule has 0 radical (unpaired) electrons. The second-order valence-corrected chi connectivity index (χ2v) is 13.1. The van der Waals surface area contributed by atoms with Gasteiger partial charge in [-0.25, -0.2) is 9.78 Å². The Kier molecular flexibility index (Phi) is 9.55. The molecule has 1 fully saturated rings. The normalized spacial score (nSPS) is 16.9. The van der Waals surface area contributed by atoms with E-state index in [9.17, 15) is 9.59 Å². The smallest absolute Gasteiger partial charge is 0.407 e. The van der Waals surface area contributed by atoms with Crippen LogP contribution < -0.4 is 10.1 Å². The van der Waals surface area contributed by atoms with E-state index < -0.39 is 17.1 Å². The van der Waals surface area contributed by atoms with Gasteiger partial charge in [-0.15, -0.1) is 0 Å². The van der Waals surface area contributed by atoms with Crippen LogP contribution >= 0.6 is 0 Å². The van der Waals surface area contributed by atoms with E-state index in [1.807, 2.05) is 57.4 Å². The SMILES string of the molecule is CC(C[C@](CCCNC(=O)OC(C)(C)C)(Cc1ncn2c1CCc1ccccc1-2)C(=O)Oc1ccccc1)N1CCCC1. The average Bonchev–Trinajstić information content (AvgIpc) is 3.66. The van der Waals surface area contributed by atoms with Crippen molar-refractivity contribution in [3.8, 4) is 11.4 Å². The van der Waals surface area contributed by atoms with Crippen LogP contribution in [0.4, 0.5) is 4.79 Å². The molecule has 1 N–H and O–H groups in total. The summed E-state index contributed by atoms with van der Waals surface area (Å²) in [6.45, 7) is 10.3. The average molecular weight is 587 g/mol. The molecule has 2 atom stereocenters. The Labute approximate surface area is 255 Å². The lowest BCUT2D eigenvalue weighted by atomic mass is 9.73. The Morgan fingerprint density at radius 2 is 1.72 bits per heavy atom. The molecule has 0 aliphatic carbocycles. The largest absolute Gasteiger partial charge is 0.444 e. The number of aryl methyl sites for hydroxylation is 1. The van der Waals surface area contributed by atoms with Crippen LogP contribution in [0.3, 0.4) is 0 Å². The number of hydrogen-bond donors (Lipinski definition) is 1. The number of hydrogen-bond acceptors (Lipinski definition) is 6. The van der Waals surface area contributed by atoms with E-state index in [1.54, 1.807) is 0 Å². The topological polar surface area (TPSA) is 85.7 Å². The second-order valence-electron chi connectivity index (χ2n) is 13.1. The summed E-state index contributed by atoms with van der Waals surface area (Å²) in [6, 6.07) is 18.0. The van der Waals surface area contributed by atoms with Gasteiger partial charge in [-0.1, -0.05) is 36.4 Å². The molecular weight excluding hydrogens is 540 g/mol. The summed E-state index contributed by atoms with van der Waals surface area (Å²) >= 11 is 0. The minimum atomic E-state index is -0.833. The van der Waals surface area contributed by atoms with Crippen molar-refractivity contribution in [1.29, 1.82) is 0 Å². The standard InChI is InChI=1S/C35H46N4O4/c1-26(38-21-10-11-22-38)23-35(32(40)42-28-14-6-5-7-15-28,19-12-20-36-33(41)43-34(2,3)4)24-29-31-18-17-27-13-8-9-16-30(27)39(31)25-37-29/h5-9,13-16,25-26H,10-12,17-24H2,1-4H3,(H,36,41)/t26?,35-/m1/s1. The van der Waals surface area contributed by atoms with Gasteiger partial charge in [0.25, 0.3) is 0 Å². The predicted molar refractivity (Wildman–Crippen MR) is 168 cm³/mol. The zero-order valence-corrected chi connectivity index (χ0v) is 26.1. The molecule has 2 aromatic carbocycles. The van der Waals surface area contributed by atoms with Gasteiger partial charge in [0.2, 0.25) is 0 Å². The Balaban J connectivity index is 1.45. The minimum Gasteiger partial charge on any atom is -0.444 e. The van der Waals surface area contributed by atoms with Gasteiger partial charge >= 0.3 is 12.1 Å². The number of esters is 1. The highest BCUT2D eigenvalue weighted by atomic mass is 16.6. The van der Waals surface area contributed by atoms with Gasteiger partial charge in [0.1, 0.15) is 11.4 Å². The van der Waals surface area contributed by atoms with E-state index in [1.165, 1.54) is 18.4 Å². The number of amides is 1. The lowest BCUT2D eigenvalue weighted by Gasteiger charge is -2.37. The molecule has 3 aromatic rings. The van der Waals surface area contributed by atoms with Crippen molar-refractivity contribution in [3.05, 3.63) is 77.9 Å². The second kappa shape index (κ2) is 13.3. The van der Waals surface area contributed by atoms with E-state index in [0.29, 0.717) is 38.0 Å². The highest BCUT2D eigenvalue weighted by molar-refractivity contribution is 5.79. The minimum absolute atomic E-state index is 0.198. The molecule has 1 aromatic heterocycles. The summed E-state index contributed by atoms with van der Waals surface area (Å²) < 4.78 is 13.8. The fourth-order valence-corrected chi connectivity index (χ4v) is 6.59. The molecule has 3 heterocycles. The van der Waals surface area contributed by atoms with Crippen LogP contribution in [0.25, 0.3) is 5.69 Å². The van der Waals surface area contributed by atoms with Gasteiger partial charge in [-0.05, 0) is 109 Å². The van der Waals surface area contributed by atoms with Crippen LogP contribution in [0.2, 0.25) is 0 Å². The van der Waals surface area contributed by atoms with Crippen LogP contribution in [0.1, 0.15) is 76.8 Å². The Bertz CT molecular complexity index is 1390. The van der Waals surface area contributed by atoms with Crippen LogP contribution in [0.15, 0.2) is 60.9 Å². The third-order valence-electron chi connectivity index (χ3n) is 8.68. The molecule has 8 heteroatoms. The van der Waals surface area contributed by atoms with Gasteiger partial charge in [0, 0.05) is 30.4 Å². The number of nitrogens with zero attached hydrogens (tertiary/aromatic N) is 3. The quantitative estimate of drug-likeness (QED) is 0.162. The zero-order chi connectivity index (χ0) is 30.5. The number of alkyl carbamates (subject to hydrolysis) is 1. The number of aromatic nitrogens is 2. The van der Waals surface area contributed by atoms with E-state index in [4.69, 9.17) is 14.5 Å². The van der Waals surface area contributed by atoms with Crippen molar-refractivity contribution in [2.75, 3.05) is 19.6 Å². The number of imidazole rings is 1. The molecule has 2 aliphatic heterocycles. The summed E-state index contributed by atoms with van der Waals surface area (Å²) in [6.07, 6.45) is 7.92.